The highest BCUT2D eigenvalue weighted by molar-refractivity contribution is 8.01. The van der Waals surface area contributed by atoms with Crippen LogP contribution in [0.25, 0.3) is 0 Å². The van der Waals surface area contributed by atoms with Crippen molar-refractivity contribution < 1.29 is 50.0 Å². The van der Waals surface area contributed by atoms with Crippen LogP contribution in [0.5, 0.6) is 11.5 Å². The Morgan fingerprint density at radius 3 is 1.50 bits per heavy atom. The maximum Gasteiger partial charge on any atom is 0.417 e. The monoisotopic (exact) mass is 558 g/mol. The molecule has 3 aromatic carbocycles. The van der Waals surface area contributed by atoms with Crippen molar-refractivity contribution in [1.82, 2.24) is 0 Å². The van der Waals surface area contributed by atoms with E-state index in [9.17, 15) is 40.5 Å². The first-order valence-electron chi connectivity index (χ1n) is 10.9. The number of ether oxygens (including phenoxy) is 2. The molecule has 0 N–H and O–H groups in total. The molecule has 1 atom stereocenters. The molecule has 0 spiro atoms. The zero-order valence-electron chi connectivity index (χ0n) is 20.5. The van der Waals surface area contributed by atoms with E-state index in [0.717, 1.165) is 26.4 Å². The van der Waals surface area contributed by atoms with Crippen molar-refractivity contribution in [3.8, 4) is 11.5 Å². The molecule has 0 heterocycles. The summed E-state index contributed by atoms with van der Waals surface area (Å²) in [6, 6.07) is 8.52. The Hall–Kier alpha value is -3.59. The highest BCUT2D eigenvalue weighted by Crippen LogP contribution is 2.56. The van der Waals surface area contributed by atoms with Crippen LogP contribution in [0.1, 0.15) is 43.0 Å². The van der Waals surface area contributed by atoms with Crippen molar-refractivity contribution in [2.45, 2.75) is 26.2 Å². The second kappa shape index (κ2) is 10.3. The summed E-state index contributed by atoms with van der Waals surface area (Å²) < 4.78 is 109. The van der Waals surface area contributed by atoms with Gasteiger partial charge in [-0.15, -0.1) is 0 Å². The zero-order valence-corrected chi connectivity index (χ0v) is 21.3. The second-order valence-electron chi connectivity index (χ2n) is 8.23. The number of halogens is 6. The lowest BCUT2D eigenvalue weighted by Crippen LogP contribution is -2.26. The summed E-state index contributed by atoms with van der Waals surface area (Å²) >= 11 is 0. The number of hydrogen-bond acceptors (Lipinski definition) is 5. The fraction of sp³-hybridized carbons (Fsp3) is 0.231. The van der Waals surface area contributed by atoms with Gasteiger partial charge >= 0.3 is 12.4 Å². The Bertz CT molecular complexity index is 1380. The third-order valence-corrected chi connectivity index (χ3v) is 8.42. The van der Waals surface area contributed by atoms with Crippen molar-refractivity contribution in [2.75, 3.05) is 14.2 Å². The molecule has 12 heteroatoms. The molecule has 5 nitrogen and oxygen atoms in total. The van der Waals surface area contributed by atoms with Gasteiger partial charge in [0.1, 0.15) is 17.1 Å². The molecule has 0 fully saturated rings. The average molecular weight is 558 g/mol. The van der Waals surface area contributed by atoms with E-state index in [4.69, 9.17) is 9.47 Å². The molecule has 3 aromatic rings. The van der Waals surface area contributed by atoms with Crippen LogP contribution in [0.15, 0.2) is 54.6 Å². The SMILES string of the molecule is COc1c(C)cc(C)c(OC)c1C(=O)P(=O)(C(=O)c1c(C(F)(F)F)cccc1C(F)(F)F)c1ccccc1. The number of alkyl halides is 6. The maximum atomic E-state index is 14.6. The van der Waals surface area contributed by atoms with E-state index in [0.29, 0.717) is 17.2 Å². The van der Waals surface area contributed by atoms with E-state index in [1.807, 2.05) is 0 Å². The topological polar surface area (TPSA) is 69.7 Å². The Morgan fingerprint density at radius 2 is 1.11 bits per heavy atom. The Morgan fingerprint density at radius 1 is 0.684 bits per heavy atom. The van der Waals surface area contributed by atoms with E-state index in [1.165, 1.54) is 32.0 Å². The molecule has 0 aliphatic rings. The standard InChI is InChI=1S/C26H21F6O5P/c1-14-13-15(2)22(37-4)20(21(14)36-3)24(34)38(35,16-9-6-5-7-10-16)23(33)19-17(25(27,28)29)11-8-12-18(19)26(30,31)32/h5-13H,1-4H3. The van der Waals surface area contributed by atoms with Gasteiger partial charge in [0, 0.05) is 5.30 Å². The van der Waals surface area contributed by atoms with Crippen molar-refractivity contribution in [1.29, 1.82) is 0 Å². The van der Waals surface area contributed by atoms with Gasteiger partial charge in [0.25, 0.3) is 0 Å². The van der Waals surface area contributed by atoms with E-state index in [1.54, 1.807) is 6.07 Å². The van der Waals surface area contributed by atoms with Gasteiger partial charge in [0.05, 0.1) is 30.9 Å². The van der Waals surface area contributed by atoms with Crippen molar-refractivity contribution >= 4 is 23.5 Å². The third kappa shape index (κ3) is 4.95. The minimum absolute atomic E-state index is 0.193. The zero-order chi connectivity index (χ0) is 28.6. The van der Waals surface area contributed by atoms with Crippen LogP contribution in [0.4, 0.5) is 26.3 Å². The van der Waals surface area contributed by atoms with Gasteiger partial charge in [0.15, 0.2) is 0 Å². The normalized spacial score (nSPS) is 13.5. The van der Waals surface area contributed by atoms with Crippen LogP contribution < -0.4 is 14.8 Å². The van der Waals surface area contributed by atoms with Gasteiger partial charge in [0.2, 0.25) is 18.2 Å². The first kappa shape index (κ1) is 29.0. The van der Waals surface area contributed by atoms with Crippen molar-refractivity contribution in [3.05, 3.63) is 88.0 Å². The summed E-state index contributed by atoms with van der Waals surface area (Å²) in [5.41, 5.74) is -9.38. The quantitative estimate of drug-likeness (QED) is 0.230. The molecular weight excluding hydrogens is 537 g/mol. The highest BCUT2D eigenvalue weighted by Gasteiger charge is 2.51. The number of aryl methyl sites for hydroxylation is 2. The van der Waals surface area contributed by atoms with Crippen molar-refractivity contribution in [3.63, 3.8) is 0 Å². The van der Waals surface area contributed by atoms with Gasteiger partial charge < -0.3 is 14.0 Å². The molecule has 0 amide bonds. The molecule has 0 aliphatic heterocycles. The molecule has 3 rings (SSSR count). The fourth-order valence-corrected chi connectivity index (χ4v) is 6.53. The molecular formula is C26H21F6O5P. The smallest absolute Gasteiger partial charge is 0.417 e. The predicted molar refractivity (Wildman–Crippen MR) is 128 cm³/mol. The number of carbonyl (C=O) groups excluding carboxylic acids is 2. The van der Waals surface area contributed by atoms with Crippen LogP contribution in [0.3, 0.4) is 0 Å². The van der Waals surface area contributed by atoms with Gasteiger partial charge in [-0.25, -0.2) is 0 Å². The molecule has 1 unspecified atom stereocenters. The number of carbonyl (C=O) groups is 2. The average Bonchev–Trinajstić information content (AvgIpc) is 2.86. The first-order chi connectivity index (χ1) is 17.6. The molecule has 0 aliphatic carbocycles. The van der Waals surface area contributed by atoms with E-state index >= 15 is 0 Å². The molecule has 0 saturated heterocycles. The van der Waals surface area contributed by atoms with E-state index < -0.39 is 58.1 Å². The lowest BCUT2D eigenvalue weighted by Gasteiger charge is -2.24. The summed E-state index contributed by atoms with van der Waals surface area (Å²) in [4.78, 5) is 27.9. The number of methoxy groups -OCH3 is 2. The number of hydrogen-bond donors (Lipinski definition) is 0. The Labute approximate surface area is 213 Å². The minimum Gasteiger partial charge on any atom is -0.496 e. The summed E-state index contributed by atoms with van der Waals surface area (Å²) in [6.45, 7) is 3.02. The van der Waals surface area contributed by atoms with Crippen LogP contribution in [-0.2, 0) is 16.9 Å². The van der Waals surface area contributed by atoms with Gasteiger partial charge in [-0.1, -0.05) is 36.4 Å². The second-order valence-corrected chi connectivity index (χ2v) is 10.8. The lowest BCUT2D eigenvalue weighted by molar-refractivity contribution is -0.143. The van der Waals surface area contributed by atoms with Gasteiger partial charge in [-0.05, 0) is 43.2 Å². The van der Waals surface area contributed by atoms with Crippen LogP contribution in [-0.4, -0.2) is 25.3 Å². The fourth-order valence-electron chi connectivity index (χ4n) is 4.21. The Kier molecular flexibility index (Phi) is 7.84. The summed E-state index contributed by atoms with van der Waals surface area (Å²) in [5, 5.41) is -0.552. The first-order valence-corrected chi connectivity index (χ1v) is 12.6. The highest BCUT2D eigenvalue weighted by atomic mass is 31.2. The molecule has 0 bridgehead atoms. The number of benzene rings is 3. The summed E-state index contributed by atoms with van der Waals surface area (Å²) in [6.07, 6.45) is -10.9. The van der Waals surface area contributed by atoms with Crippen LogP contribution in [0, 0.1) is 13.8 Å². The predicted octanol–water partition coefficient (Wildman–Crippen LogP) is 7.03. The van der Waals surface area contributed by atoms with Crippen molar-refractivity contribution in [2.24, 2.45) is 0 Å². The van der Waals surface area contributed by atoms with Gasteiger partial charge in [-0.3, -0.25) is 9.59 Å². The van der Waals surface area contributed by atoms with Gasteiger partial charge in [-0.2, -0.15) is 26.3 Å². The molecule has 0 saturated carbocycles. The summed E-state index contributed by atoms with van der Waals surface area (Å²) in [5.74, 6) is -0.386. The molecule has 38 heavy (non-hydrogen) atoms. The third-order valence-electron chi connectivity index (χ3n) is 5.81. The Balaban J connectivity index is 2.50. The van der Waals surface area contributed by atoms with Crippen LogP contribution >= 0.6 is 7.14 Å². The minimum atomic E-state index is -5.45. The largest absolute Gasteiger partial charge is 0.496 e. The molecule has 202 valence electrons. The maximum absolute atomic E-state index is 14.6. The lowest BCUT2D eigenvalue weighted by atomic mass is 10.0. The molecule has 0 radical (unpaired) electrons. The van der Waals surface area contributed by atoms with Crippen LogP contribution in [0.2, 0.25) is 0 Å². The number of rotatable bonds is 7. The van der Waals surface area contributed by atoms with E-state index in [-0.39, 0.29) is 23.6 Å². The summed E-state index contributed by atoms with van der Waals surface area (Å²) in [7, 11) is -3.14. The van der Waals surface area contributed by atoms with E-state index in [2.05, 4.69) is 0 Å². The molecule has 0 aromatic heterocycles.